The van der Waals surface area contributed by atoms with Crippen LogP contribution in [0.4, 0.5) is 4.39 Å². The Morgan fingerprint density at radius 1 is 1.29 bits per heavy atom. The summed E-state index contributed by atoms with van der Waals surface area (Å²) in [5.41, 5.74) is 0. The van der Waals surface area contributed by atoms with Crippen LogP contribution < -0.4 is 10.1 Å². The molecule has 1 aromatic carbocycles. The summed E-state index contributed by atoms with van der Waals surface area (Å²) in [7, 11) is 0. The second kappa shape index (κ2) is 6.98. The summed E-state index contributed by atoms with van der Waals surface area (Å²) in [5, 5.41) is 4.22. The summed E-state index contributed by atoms with van der Waals surface area (Å²) in [5.74, 6) is -0.0635. The highest BCUT2D eigenvalue weighted by Gasteiger charge is 2.12. The first-order chi connectivity index (χ1) is 10.3. The van der Waals surface area contributed by atoms with E-state index in [1.54, 1.807) is 29.5 Å². The van der Waals surface area contributed by atoms with Crippen LogP contribution in [0, 0.1) is 5.82 Å². The van der Waals surface area contributed by atoms with E-state index < -0.39 is 0 Å². The molecular formula is C15H18FN3OS. The van der Waals surface area contributed by atoms with Crippen LogP contribution in [-0.2, 0) is 13.2 Å². The van der Waals surface area contributed by atoms with Crippen LogP contribution >= 0.6 is 11.3 Å². The average molecular weight is 307 g/mol. The molecule has 1 aliphatic heterocycles. The van der Waals surface area contributed by atoms with Crippen LogP contribution in [0.3, 0.4) is 0 Å². The number of ether oxygens (including phenoxy) is 1. The van der Waals surface area contributed by atoms with E-state index in [1.165, 1.54) is 10.9 Å². The Morgan fingerprint density at radius 2 is 2.10 bits per heavy atom. The highest BCUT2D eigenvalue weighted by Crippen LogP contribution is 2.20. The Labute approximate surface area is 127 Å². The Balaban J connectivity index is 1.54. The second-order valence-electron chi connectivity index (χ2n) is 4.97. The summed E-state index contributed by atoms with van der Waals surface area (Å²) >= 11 is 1.63. The zero-order valence-corrected chi connectivity index (χ0v) is 12.5. The molecule has 0 saturated carbocycles. The van der Waals surface area contributed by atoms with Crippen molar-refractivity contribution < 1.29 is 9.13 Å². The molecule has 6 heteroatoms. The number of nitrogens with zero attached hydrogens (tertiary/aromatic N) is 2. The third-order valence-electron chi connectivity index (χ3n) is 3.38. The number of para-hydroxylation sites is 1. The van der Waals surface area contributed by atoms with Crippen LogP contribution in [0.2, 0.25) is 0 Å². The number of piperazine rings is 1. The van der Waals surface area contributed by atoms with Gasteiger partial charge in [0.25, 0.3) is 0 Å². The van der Waals surface area contributed by atoms with Crippen molar-refractivity contribution in [3.63, 3.8) is 0 Å². The van der Waals surface area contributed by atoms with Crippen LogP contribution in [0.15, 0.2) is 30.5 Å². The van der Waals surface area contributed by atoms with Gasteiger partial charge in [-0.15, -0.1) is 11.3 Å². The normalized spacial score (nSPS) is 16.0. The topological polar surface area (TPSA) is 37.4 Å². The van der Waals surface area contributed by atoms with Gasteiger partial charge in [-0.05, 0) is 12.1 Å². The van der Waals surface area contributed by atoms with Gasteiger partial charge in [-0.1, -0.05) is 12.1 Å². The number of benzene rings is 1. The smallest absolute Gasteiger partial charge is 0.165 e. The maximum Gasteiger partial charge on any atom is 0.165 e. The van der Waals surface area contributed by atoms with Gasteiger partial charge in [-0.3, -0.25) is 4.90 Å². The third kappa shape index (κ3) is 4.00. The number of halogens is 1. The molecule has 1 aromatic heterocycles. The minimum absolute atomic E-state index is 0.274. The van der Waals surface area contributed by atoms with Crippen molar-refractivity contribution in [1.82, 2.24) is 15.2 Å². The average Bonchev–Trinajstić information content (AvgIpc) is 2.95. The van der Waals surface area contributed by atoms with Gasteiger partial charge in [0, 0.05) is 43.8 Å². The number of hydrogen-bond donors (Lipinski definition) is 1. The van der Waals surface area contributed by atoms with Gasteiger partial charge in [-0.2, -0.15) is 0 Å². The molecule has 0 spiro atoms. The quantitative estimate of drug-likeness (QED) is 0.919. The molecule has 2 aromatic rings. The van der Waals surface area contributed by atoms with E-state index >= 15 is 0 Å². The largest absolute Gasteiger partial charge is 0.483 e. The SMILES string of the molecule is Fc1ccccc1OCc1ncc(CN2CCNCC2)s1. The molecule has 1 fully saturated rings. The van der Waals surface area contributed by atoms with Crippen molar-refractivity contribution in [3.8, 4) is 5.75 Å². The Bertz CT molecular complexity index is 584. The van der Waals surface area contributed by atoms with E-state index in [0.717, 1.165) is 37.7 Å². The molecule has 112 valence electrons. The van der Waals surface area contributed by atoms with Crippen molar-refractivity contribution >= 4 is 11.3 Å². The van der Waals surface area contributed by atoms with Gasteiger partial charge in [0.2, 0.25) is 0 Å². The van der Waals surface area contributed by atoms with Crippen molar-refractivity contribution in [1.29, 1.82) is 0 Å². The highest BCUT2D eigenvalue weighted by atomic mass is 32.1. The van der Waals surface area contributed by atoms with E-state index in [1.807, 2.05) is 6.20 Å². The molecule has 1 saturated heterocycles. The molecule has 3 rings (SSSR count). The number of thiazole rings is 1. The Hall–Kier alpha value is -1.50. The van der Waals surface area contributed by atoms with Gasteiger partial charge >= 0.3 is 0 Å². The number of hydrogen-bond acceptors (Lipinski definition) is 5. The van der Waals surface area contributed by atoms with Crippen LogP contribution in [0.5, 0.6) is 5.75 Å². The van der Waals surface area contributed by atoms with Crippen molar-refractivity contribution in [3.05, 3.63) is 46.2 Å². The van der Waals surface area contributed by atoms with E-state index in [9.17, 15) is 4.39 Å². The second-order valence-corrected chi connectivity index (χ2v) is 6.17. The maximum atomic E-state index is 13.5. The summed E-state index contributed by atoms with van der Waals surface area (Å²) < 4.78 is 18.9. The molecule has 0 radical (unpaired) electrons. The first kappa shape index (κ1) is 14.4. The minimum atomic E-state index is -0.338. The predicted octanol–water partition coefficient (Wildman–Crippen LogP) is 2.27. The maximum absolute atomic E-state index is 13.5. The number of rotatable bonds is 5. The zero-order chi connectivity index (χ0) is 14.5. The van der Waals surface area contributed by atoms with Gasteiger partial charge in [-0.25, -0.2) is 9.37 Å². The molecule has 0 atom stereocenters. The fourth-order valence-corrected chi connectivity index (χ4v) is 3.16. The standard InChI is InChI=1S/C15H18FN3OS/c16-13-3-1-2-4-14(13)20-11-15-18-9-12(21-15)10-19-7-5-17-6-8-19/h1-4,9,17H,5-8,10-11H2. The summed E-state index contributed by atoms with van der Waals surface area (Å²) in [4.78, 5) is 7.99. The van der Waals surface area contributed by atoms with Crippen LogP contribution in [-0.4, -0.2) is 36.1 Å². The lowest BCUT2D eigenvalue weighted by Gasteiger charge is -2.26. The predicted molar refractivity (Wildman–Crippen MR) is 81.0 cm³/mol. The van der Waals surface area contributed by atoms with E-state index in [0.29, 0.717) is 6.61 Å². The number of nitrogens with one attached hydrogen (secondary N) is 1. The lowest BCUT2D eigenvalue weighted by Crippen LogP contribution is -2.42. The molecule has 0 aliphatic carbocycles. The first-order valence-electron chi connectivity index (χ1n) is 7.05. The number of aromatic nitrogens is 1. The molecule has 4 nitrogen and oxygen atoms in total. The van der Waals surface area contributed by atoms with Crippen molar-refractivity contribution in [2.45, 2.75) is 13.2 Å². The molecule has 21 heavy (non-hydrogen) atoms. The molecule has 0 unspecified atom stereocenters. The molecular weight excluding hydrogens is 289 g/mol. The zero-order valence-electron chi connectivity index (χ0n) is 11.7. The minimum Gasteiger partial charge on any atom is -0.483 e. The van der Waals surface area contributed by atoms with Gasteiger partial charge < -0.3 is 10.1 Å². The summed E-state index contributed by atoms with van der Waals surface area (Å²) in [6.07, 6.45) is 1.90. The fourth-order valence-electron chi connectivity index (χ4n) is 2.28. The summed E-state index contributed by atoms with van der Waals surface area (Å²) in [6, 6.07) is 6.44. The molecule has 1 N–H and O–H groups in total. The van der Waals surface area contributed by atoms with Gasteiger partial charge in [0.1, 0.15) is 11.6 Å². The summed E-state index contributed by atoms with van der Waals surface area (Å²) in [6.45, 7) is 5.47. The fraction of sp³-hybridized carbons (Fsp3) is 0.400. The Kier molecular flexibility index (Phi) is 4.80. The lowest BCUT2D eigenvalue weighted by molar-refractivity contribution is 0.235. The van der Waals surface area contributed by atoms with Crippen LogP contribution in [0.25, 0.3) is 0 Å². The van der Waals surface area contributed by atoms with E-state index in [4.69, 9.17) is 4.74 Å². The highest BCUT2D eigenvalue weighted by molar-refractivity contribution is 7.11. The molecule has 1 aliphatic rings. The van der Waals surface area contributed by atoms with Gasteiger partial charge in [0.15, 0.2) is 11.6 Å². The molecule has 0 amide bonds. The monoisotopic (exact) mass is 307 g/mol. The van der Waals surface area contributed by atoms with Crippen molar-refractivity contribution in [2.24, 2.45) is 0 Å². The Morgan fingerprint density at radius 3 is 2.90 bits per heavy atom. The first-order valence-corrected chi connectivity index (χ1v) is 7.87. The third-order valence-corrected chi connectivity index (χ3v) is 4.33. The van der Waals surface area contributed by atoms with Gasteiger partial charge in [0.05, 0.1) is 0 Å². The van der Waals surface area contributed by atoms with E-state index in [-0.39, 0.29) is 11.6 Å². The lowest BCUT2D eigenvalue weighted by atomic mass is 10.3. The van der Waals surface area contributed by atoms with Crippen molar-refractivity contribution in [2.75, 3.05) is 26.2 Å². The molecule has 0 bridgehead atoms. The van der Waals surface area contributed by atoms with E-state index in [2.05, 4.69) is 15.2 Å². The molecule has 2 heterocycles. The van der Waals surface area contributed by atoms with Crippen LogP contribution in [0.1, 0.15) is 9.88 Å².